The lowest BCUT2D eigenvalue weighted by atomic mass is 10.2. The number of nitriles is 1. The van der Waals surface area contributed by atoms with Crippen molar-refractivity contribution >= 4 is 5.95 Å². The normalized spacial score (nSPS) is 11.8. The second-order valence-corrected chi connectivity index (χ2v) is 3.91. The highest BCUT2D eigenvalue weighted by atomic mass is 15.1. The maximum absolute atomic E-state index is 8.88. The van der Waals surface area contributed by atoms with Crippen molar-refractivity contribution in [3.05, 3.63) is 35.7 Å². The van der Waals surface area contributed by atoms with E-state index < -0.39 is 0 Å². The summed E-state index contributed by atoms with van der Waals surface area (Å²) in [4.78, 5) is 15.7. The van der Waals surface area contributed by atoms with Gasteiger partial charge < -0.3 is 10.3 Å². The number of hydrogen-bond donors (Lipinski definition) is 2. The molecular formula is C12H14N6. The van der Waals surface area contributed by atoms with Gasteiger partial charge in [0.15, 0.2) is 0 Å². The van der Waals surface area contributed by atoms with Crippen LogP contribution in [-0.4, -0.2) is 19.9 Å². The van der Waals surface area contributed by atoms with Crippen LogP contribution in [0, 0.1) is 18.3 Å². The molecule has 0 aromatic carbocycles. The highest BCUT2D eigenvalue weighted by Crippen LogP contribution is 2.17. The van der Waals surface area contributed by atoms with Gasteiger partial charge in [-0.3, -0.25) is 0 Å². The van der Waals surface area contributed by atoms with Gasteiger partial charge in [-0.2, -0.15) is 5.26 Å². The molecule has 2 N–H and O–H groups in total. The minimum absolute atomic E-state index is 0.00772. The Kier molecular flexibility index (Phi) is 3.53. The molecule has 2 rings (SSSR count). The predicted molar refractivity (Wildman–Crippen MR) is 66.7 cm³/mol. The van der Waals surface area contributed by atoms with E-state index in [-0.39, 0.29) is 6.04 Å². The Hall–Kier alpha value is -2.42. The van der Waals surface area contributed by atoms with E-state index in [4.69, 9.17) is 5.26 Å². The van der Waals surface area contributed by atoms with E-state index in [1.54, 1.807) is 18.5 Å². The van der Waals surface area contributed by atoms with Crippen LogP contribution in [0.1, 0.15) is 36.6 Å². The molecule has 92 valence electrons. The minimum atomic E-state index is 0.00772. The van der Waals surface area contributed by atoms with Crippen molar-refractivity contribution in [2.75, 3.05) is 5.32 Å². The maximum atomic E-state index is 8.88. The van der Waals surface area contributed by atoms with Crippen molar-refractivity contribution in [3.63, 3.8) is 0 Å². The summed E-state index contributed by atoms with van der Waals surface area (Å²) in [6.07, 6.45) is 4.32. The number of nitrogens with zero attached hydrogens (tertiary/aromatic N) is 4. The molecule has 0 aliphatic rings. The van der Waals surface area contributed by atoms with Crippen LogP contribution in [0.4, 0.5) is 5.95 Å². The molecule has 0 saturated carbocycles. The van der Waals surface area contributed by atoms with Gasteiger partial charge in [0.1, 0.15) is 17.6 Å². The molecule has 6 nitrogen and oxygen atoms in total. The van der Waals surface area contributed by atoms with Crippen molar-refractivity contribution in [3.8, 4) is 6.07 Å². The fourth-order valence-electron chi connectivity index (χ4n) is 1.68. The summed E-state index contributed by atoms with van der Waals surface area (Å²) in [7, 11) is 0. The lowest BCUT2D eigenvalue weighted by Crippen LogP contribution is -2.14. The second kappa shape index (κ2) is 5.27. The lowest BCUT2D eigenvalue weighted by molar-refractivity contribution is 0.694. The number of imidazole rings is 1. The Morgan fingerprint density at radius 1 is 1.50 bits per heavy atom. The third kappa shape index (κ3) is 2.63. The predicted octanol–water partition coefficient (Wildman–Crippen LogP) is 1.94. The van der Waals surface area contributed by atoms with Gasteiger partial charge in [0.05, 0.1) is 6.04 Å². The van der Waals surface area contributed by atoms with Gasteiger partial charge in [0.25, 0.3) is 0 Å². The van der Waals surface area contributed by atoms with Gasteiger partial charge in [-0.1, -0.05) is 6.92 Å². The Balaban J connectivity index is 2.22. The third-order valence-electron chi connectivity index (χ3n) is 2.53. The van der Waals surface area contributed by atoms with E-state index in [0.29, 0.717) is 11.6 Å². The van der Waals surface area contributed by atoms with E-state index in [2.05, 4.69) is 25.3 Å². The molecule has 1 atom stereocenters. The van der Waals surface area contributed by atoms with Gasteiger partial charge in [0.2, 0.25) is 5.95 Å². The summed E-state index contributed by atoms with van der Waals surface area (Å²) in [5, 5.41) is 12.1. The molecule has 0 aliphatic carbocycles. The number of anilines is 1. The summed E-state index contributed by atoms with van der Waals surface area (Å²) < 4.78 is 0. The molecule has 0 amide bonds. The van der Waals surface area contributed by atoms with Gasteiger partial charge in [-0.25, -0.2) is 15.0 Å². The monoisotopic (exact) mass is 242 g/mol. The van der Waals surface area contributed by atoms with Crippen LogP contribution in [-0.2, 0) is 0 Å². The van der Waals surface area contributed by atoms with E-state index in [9.17, 15) is 0 Å². The Labute approximate surface area is 105 Å². The van der Waals surface area contributed by atoms with Gasteiger partial charge in [-0.15, -0.1) is 0 Å². The number of aromatic amines is 1. The Morgan fingerprint density at radius 3 is 2.94 bits per heavy atom. The van der Waals surface area contributed by atoms with E-state index >= 15 is 0 Å². The minimum Gasteiger partial charge on any atom is -0.347 e. The summed E-state index contributed by atoms with van der Waals surface area (Å²) in [6, 6.07) is 3.68. The van der Waals surface area contributed by atoms with Crippen molar-refractivity contribution in [2.24, 2.45) is 0 Å². The van der Waals surface area contributed by atoms with Crippen molar-refractivity contribution in [2.45, 2.75) is 26.3 Å². The maximum Gasteiger partial charge on any atom is 0.224 e. The fourth-order valence-corrected chi connectivity index (χ4v) is 1.68. The zero-order chi connectivity index (χ0) is 13.0. The number of aromatic nitrogens is 4. The lowest BCUT2D eigenvalue weighted by Gasteiger charge is -2.14. The summed E-state index contributed by atoms with van der Waals surface area (Å²) in [5.74, 6) is 1.29. The fraction of sp³-hybridized carbons (Fsp3) is 0.333. The summed E-state index contributed by atoms with van der Waals surface area (Å²) in [6.45, 7) is 3.88. The first-order valence-corrected chi connectivity index (χ1v) is 5.74. The van der Waals surface area contributed by atoms with Crippen LogP contribution in [0.3, 0.4) is 0 Å². The number of aryl methyl sites for hydroxylation is 1. The molecular weight excluding hydrogens is 228 g/mol. The van der Waals surface area contributed by atoms with Crippen LogP contribution in [0.5, 0.6) is 0 Å². The number of H-pyrrole nitrogens is 1. The van der Waals surface area contributed by atoms with Crippen molar-refractivity contribution < 1.29 is 0 Å². The highest BCUT2D eigenvalue weighted by Gasteiger charge is 2.13. The van der Waals surface area contributed by atoms with E-state index in [0.717, 1.165) is 17.9 Å². The SMILES string of the molecule is CCC(Nc1nc(C)cc(C#N)n1)c1ncc[nH]1. The van der Waals surface area contributed by atoms with E-state index in [1.165, 1.54) is 0 Å². The number of hydrogen-bond acceptors (Lipinski definition) is 5. The standard InChI is InChI=1S/C12H14N6/c1-3-10(11-14-4-5-15-11)18-12-16-8(2)6-9(7-13)17-12/h4-6,10H,3H2,1-2H3,(H,14,15)(H,16,17,18). The number of rotatable bonds is 4. The summed E-state index contributed by atoms with van der Waals surface area (Å²) in [5.41, 5.74) is 1.12. The van der Waals surface area contributed by atoms with Crippen molar-refractivity contribution in [1.82, 2.24) is 19.9 Å². The van der Waals surface area contributed by atoms with Crippen LogP contribution >= 0.6 is 0 Å². The molecule has 0 bridgehead atoms. The van der Waals surface area contributed by atoms with Gasteiger partial charge in [0, 0.05) is 18.1 Å². The molecule has 18 heavy (non-hydrogen) atoms. The summed E-state index contributed by atoms with van der Waals surface area (Å²) >= 11 is 0. The zero-order valence-electron chi connectivity index (χ0n) is 10.3. The first kappa shape index (κ1) is 12.0. The Morgan fingerprint density at radius 2 is 2.33 bits per heavy atom. The largest absolute Gasteiger partial charge is 0.347 e. The Bertz CT molecular complexity index is 554. The smallest absolute Gasteiger partial charge is 0.224 e. The second-order valence-electron chi connectivity index (χ2n) is 3.91. The topological polar surface area (TPSA) is 90.3 Å². The highest BCUT2D eigenvalue weighted by molar-refractivity contribution is 5.34. The van der Waals surface area contributed by atoms with Gasteiger partial charge in [-0.05, 0) is 19.4 Å². The third-order valence-corrected chi connectivity index (χ3v) is 2.53. The van der Waals surface area contributed by atoms with Crippen LogP contribution in [0.2, 0.25) is 0 Å². The first-order valence-electron chi connectivity index (χ1n) is 5.74. The average molecular weight is 242 g/mol. The molecule has 2 aromatic rings. The van der Waals surface area contributed by atoms with Crippen LogP contribution in [0.15, 0.2) is 18.5 Å². The first-order chi connectivity index (χ1) is 8.72. The van der Waals surface area contributed by atoms with Crippen molar-refractivity contribution in [1.29, 1.82) is 5.26 Å². The molecule has 1 unspecified atom stereocenters. The quantitative estimate of drug-likeness (QED) is 0.855. The molecule has 0 aliphatic heterocycles. The molecule has 6 heteroatoms. The zero-order valence-corrected chi connectivity index (χ0v) is 10.3. The molecule has 0 saturated heterocycles. The van der Waals surface area contributed by atoms with Gasteiger partial charge >= 0.3 is 0 Å². The molecule has 0 radical (unpaired) electrons. The van der Waals surface area contributed by atoms with Crippen LogP contribution in [0.25, 0.3) is 0 Å². The average Bonchev–Trinajstić information content (AvgIpc) is 2.89. The molecule has 2 heterocycles. The molecule has 0 fully saturated rings. The molecule has 2 aromatic heterocycles. The van der Waals surface area contributed by atoms with Crippen LogP contribution < -0.4 is 5.32 Å². The number of nitrogens with one attached hydrogen (secondary N) is 2. The van der Waals surface area contributed by atoms with E-state index in [1.807, 2.05) is 19.9 Å². The molecule has 0 spiro atoms.